The van der Waals surface area contributed by atoms with Crippen LogP contribution in [0.3, 0.4) is 0 Å². The Labute approximate surface area is 106 Å². The van der Waals surface area contributed by atoms with Gasteiger partial charge in [0, 0.05) is 0 Å². The van der Waals surface area contributed by atoms with E-state index >= 15 is 0 Å². The lowest BCUT2D eigenvalue weighted by Crippen LogP contribution is -2.37. The van der Waals surface area contributed by atoms with E-state index in [9.17, 15) is 4.79 Å². The van der Waals surface area contributed by atoms with Crippen molar-refractivity contribution < 1.29 is 4.79 Å². The van der Waals surface area contributed by atoms with Gasteiger partial charge in [-0.2, -0.15) is 0 Å². The molecule has 0 saturated heterocycles. The SMILES string of the molecule is CC1=CCCCC12CC(C)=C([Si](C)(C)C)C2=O. The van der Waals surface area contributed by atoms with Crippen LogP contribution in [0.5, 0.6) is 0 Å². The molecule has 1 nitrogen and oxygen atoms in total. The summed E-state index contributed by atoms with van der Waals surface area (Å²) in [7, 11) is -1.49. The highest BCUT2D eigenvalue weighted by Gasteiger charge is 2.49. The first-order chi connectivity index (χ1) is 7.79. The zero-order valence-corrected chi connectivity index (χ0v) is 12.8. The van der Waals surface area contributed by atoms with E-state index in [1.807, 2.05) is 0 Å². The molecule has 2 heteroatoms. The van der Waals surface area contributed by atoms with E-state index in [1.54, 1.807) is 0 Å². The molecule has 0 aromatic rings. The van der Waals surface area contributed by atoms with Crippen LogP contribution in [-0.2, 0) is 4.79 Å². The summed E-state index contributed by atoms with van der Waals surface area (Å²) in [6.07, 6.45) is 6.69. The van der Waals surface area contributed by atoms with Crippen molar-refractivity contribution in [2.75, 3.05) is 0 Å². The molecule has 1 atom stereocenters. The molecule has 94 valence electrons. The fourth-order valence-electron chi connectivity index (χ4n) is 3.67. The van der Waals surface area contributed by atoms with Gasteiger partial charge in [0.15, 0.2) is 5.78 Å². The lowest BCUT2D eigenvalue weighted by Gasteiger charge is -2.33. The number of carbonyl (C=O) groups excluding carboxylic acids is 1. The average Bonchev–Trinajstić information content (AvgIpc) is 2.43. The van der Waals surface area contributed by atoms with E-state index in [-0.39, 0.29) is 5.41 Å². The second kappa shape index (κ2) is 3.94. The molecule has 0 heterocycles. The van der Waals surface area contributed by atoms with Crippen molar-refractivity contribution in [2.24, 2.45) is 5.41 Å². The predicted molar refractivity (Wildman–Crippen MR) is 75.7 cm³/mol. The van der Waals surface area contributed by atoms with E-state index in [2.05, 4.69) is 39.6 Å². The van der Waals surface area contributed by atoms with Crippen LogP contribution in [0.4, 0.5) is 0 Å². The van der Waals surface area contributed by atoms with Gasteiger partial charge in [-0.15, -0.1) is 0 Å². The normalized spacial score (nSPS) is 30.2. The van der Waals surface area contributed by atoms with Crippen LogP contribution in [0.1, 0.15) is 39.5 Å². The first-order valence-electron chi connectivity index (χ1n) is 6.71. The summed E-state index contributed by atoms with van der Waals surface area (Å²) in [6.45, 7) is 11.2. The molecule has 0 amide bonds. The second-order valence-electron chi connectivity index (χ2n) is 6.77. The molecule has 0 radical (unpaired) electrons. The molecule has 1 spiro atoms. The number of Topliss-reactive ketones (excluding diaryl/α,β-unsaturated/α-hetero) is 1. The van der Waals surface area contributed by atoms with Crippen molar-refractivity contribution in [3.05, 3.63) is 22.4 Å². The van der Waals surface area contributed by atoms with E-state index in [4.69, 9.17) is 0 Å². The zero-order valence-electron chi connectivity index (χ0n) is 11.8. The highest BCUT2D eigenvalue weighted by molar-refractivity contribution is 6.87. The molecule has 0 bridgehead atoms. The maximum absolute atomic E-state index is 12.9. The van der Waals surface area contributed by atoms with E-state index in [0.717, 1.165) is 19.3 Å². The van der Waals surface area contributed by atoms with Crippen molar-refractivity contribution in [1.29, 1.82) is 0 Å². The van der Waals surface area contributed by atoms with Crippen LogP contribution in [0, 0.1) is 5.41 Å². The van der Waals surface area contributed by atoms with Crippen LogP contribution in [0.2, 0.25) is 19.6 Å². The predicted octanol–water partition coefficient (Wildman–Crippen LogP) is 4.27. The van der Waals surface area contributed by atoms with Crippen molar-refractivity contribution >= 4 is 13.9 Å². The van der Waals surface area contributed by atoms with Crippen LogP contribution in [0.25, 0.3) is 0 Å². The minimum absolute atomic E-state index is 0.127. The molecule has 0 aliphatic heterocycles. The van der Waals surface area contributed by atoms with Gasteiger partial charge in [-0.05, 0) is 44.7 Å². The fraction of sp³-hybridized carbons (Fsp3) is 0.667. The monoisotopic (exact) mass is 248 g/mol. The Morgan fingerprint density at radius 2 is 1.88 bits per heavy atom. The molecule has 17 heavy (non-hydrogen) atoms. The van der Waals surface area contributed by atoms with Crippen molar-refractivity contribution in [3.63, 3.8) is 0 Å². The Kier molecular flexibility index (Phi) is 2.97. The first kappa shape index (κ1) is 12.8. The number of rotatable bonds is 1. The molecular weight excluding hydrogens is 224 g/mol. The van der Waals surface area contributed by atoms with Crippen LogP contribution < -0.4 is 0 Å². The largest absolute Gasteiger partial charge is 0.294 e. The Bertz CT molecular complexity index is 423. The molecule has 0 fully saturated rings. The van der Waals surface area contributed by atoms with Gasteiger partial charge in [0.05, 0.1) is 13.5 Å². The summed E-state index contributed by atoms with van der Waals surface area (Å²) < 4.78 is 0. The molecule has 2 aliphatic rings. The smallest absolute Gasteiger partial charge is 0.165 e. The van der Waals surface area contributed by atoms with Gasteiger partial charge in [0.1, 0.15) is 0 Å². The Balaban J connectivity index is 2.45. The van der Waals surface area contributed by atoms with E-state index < -0.39 is 8.07 Å². The molecule has 1 unspecified atom stereocenters. The fourth-order valence-corrected chi connectivity index (χ4v) is 5.96. The summed E-state index contributed by atoms with van der Waals surface area (Å²) in [4.78, 5) is 12.9. The molecule has 0 aromatic carbocycles. The number of hydrogen-bond acceptors (Lipinski definition) is 1. The second-order valence-corrected chi connectivity index (χ2v) is 11.8. The third-order valence-electron chi connectivity index (χ3n) is 4.42. The van der Waals surface area contributed by atoms with E-state index in [1.165, 1.54) is 22.8 Å². The van der Waals surface area contributed by atoms with Gasteiger partial charge in [-0.25, -0.2) is 0 Å². The summed E-state index contributed by atoms with van der Waals surface area (Å²) in [5.74, 6) is 0.475. The summed E-state index contributed by atoms with van der Waals surface area (Å²) in [5, 5.41) is 1.23. The van der Waals surface area contributed by atoms with Crippen LogP contribution in [0.15, 0.2) is 22.4 Å². The summed E-state index contributed by atoms with van der Waals surface area (Å²) in [5.41, 5.74) is 2.59. The first-order valence-corrected chi connectivity index (χ1v) is 10.2. The van der Waals surface area contributed by atoms with Gasteiger partial charge >= 0.3 is 0 Å². The maximum Gasteiger partial charge on any atom is 0.165 e. The minimum Gasteiger partial charge on any atom is -0.294 e. The minimum atomic E-state index is -1.49. The Morgan fingerprint density at radius 3 is 2.35 bits per heavy atom. The molecule has 0 saturated carbocycles. The number of hydrogen-bond donors (Lipinski definition) is 0. The van der Waals surface area contributed by atoms with Crippen molar-refractivity contribution in [1.82, 2.24) is 0 Å². The summed E-state index contributed by atoms with van der Waals surface area (Å²) >= 11 is 0. The third kappa shape index (κ3) is 1.87. The molecule has 2 aliphatic carbocycles. The van der Waals surface area contributed by atoms with Gasteiger partial charge in [0.2, 0.25) is 0 Å². The lowest BCUT2D eigenvalue weighted by molar-refractivity contribution is -0.121. The Hall–Kier alpha value is -0.633. The van der Waals surface area contributed by atoms with E-state index in [0.29, 0.717) is 5.78 Å². The van der Waals surface area contributed by atoms with Crippen molar-refractivity contribution in [3.8, 4) is 0 Å². The zero-order chi connectivity index (χ0) is 12.8. The summed E-state index contributed by atoms with van der Waals surface area (Å²) in [6, 6.07) is 0. The third-order valence-corrected chi connectivity index (χ3v) is 6.57. The van der Waals surface area contributed by atoms with Crippen molar-refractivity contribution in [2.45, 2.75) is 59.2 Å². The topological polar surface area (TPSA) is 17.1 Å². The Morgan fingerprint density at radius 1 is 1.24 bits per heavy atom. The standard InChI is InChI=1S/C15H24OSi/c1-11-10-15(9-7-6-8-12(15)2)14(16)13(11)17(3,4)5/h8H,6-7,9-10H2,1-5H3. The highest BCUT2D eigenvalue weighted by Crippen LogP contribution is 2.51. The number of carbonyl (C=O) groups is 1. The number of ketones is 1. The molecule has 0 N–H and O–H groups in total. The number of allylic oxidation sites excluding steroid dienone is 4. The molecule has 0 aromatic heterocycles. The molecular formula is C15H24OSi. The lowest BCUT2D eigenvalue weighted by atomic mass is 9.70. The van der Waals surface area contributed by atoms with Gasteiger partial charge in [0.25, 0.3) is 0 Å². The van der Waals surface area contributed by atoms with Gasteiger partial charge in [-0.1, -0.05) is 36.9 Å². The quantitative estimate of drug-likeness (QED) is 0.500. The van der Waals surface area contributed by atoms with Gasteiger partial charge in [-0.3, -0.25) is 4.79 Å². The molecule has 2 rings (SSSR count). The van der Waals surface area contributed by atoms with Crippen LogP contribution in [-0.4, -0.2) is 13.9 Å². The maximum atomic E-state index is 12.9. The van der Waals surface area contributed by atoms with Gasteiger partial charge < -0.3 is 0 Å². The average molecular weight is 248 g/mol. The highest BCUT2D eigenvalue weighted by atomic mass is 28.3. The van der Waals surface area contributed by atoms with Crippen LogP contribution >= 0.6 is 0 Å².